The molecule has 1 aliphatic heterocycles. The summed E-state index contributed by atoms with van der Waals surface area (Å²) in [5.74, 6) is 0.927. The number of aliphatic imine (C=N–C) groups is 2. The van der Waals surface area contributed by atoms with Crippen LogP contribution in [0.2, 0.25) is 0 Å². The summed E-state index contributed by atoms with van der Waals surface area (Å²) in [7, 11) is 0. The molecule has 4 aromatic rings. The van der Waals surface area contributed by atoms with Gasteiger partial charge in [-0.15, -0.1) is 0 Å². The molecule has 1 aliphatic carbocycles. The highest BCUT2D eigenvalue weighted by Crippen LogP contribution is 2.58. The molecule has 6 rings (SSSR count). The normalized spacial score (nSPS) is 20.6. The Labute approximate surface area is 182 Å². The lowest BCUT2D eigenvalue weighted by Gasteiger charge is -2.38. The van der Waals surface area contributed by atoms with E-state index >= 15 is 0 Å². The summed E-state index contributed by atoms with van der Waals surface area (Å²) in [4.78, 5) is 10.1. The van der Waals surface area contributed by atoms with E-state index in [1.54, 1.807) is 0 Å². The maximum Gasteiger partial charge on any atom is 0.154 e. The van der Waals surface area contributed by atoms with Crippen molar-refractivity contribution in [3.8, 4) is 0 Å². The first-order valence-corrected chi connectivity index (χ1v) is 10.8. The van der Waals surface area contributed by atoms with Crippen LogP contribution in [0.15, 0.2) is 125 Å². The second-order valence-electron chi connectivity index (χ2n) is 8.19. The zero-order valence-electron chi connectivity index (χ0n) is 17.1. The molecule has 0 aromatic heterocycles. The maximum atomic E-state index is 5.22. The summed E-state index contributed by atoms with van der Waals surface area (Å²) < 4.78 is 0. The summed E-state index contributed by atoms with van der Waals surface area (Å²) >= 11 is 0. The SMILES string of the molecule is C1=NC(c2ccccc2)=NC2c3ccccc3C(c3ccccc3)(c3ccccc3)C12. The van der Waals surface area contributed by atoms with Crippen LogP contribution in [0.5, 0.6) is 0 Å². The van der Waals surface area contributed by atoms with Crippen LogP contribution >= 0.6 is 0 Å². The van der Waals surface area contributed by atoms with E-state index in [1.807, 2.05) is 18.2 Å². The van der Waals surface area contributed by atoms with Gasteiger partial charge in [-0.05, 0) is 22.3 Å². The first kappa shape index (κ1) is 18.0. The number of benzene rings is 4. The van der Waals surface area contributed by atoms with Gasteiger partial charge in [0.05, 0.1) is 11.5 Å². The topological polar surface area (TPSA) is 24.7 Å². The molecular weight excluding hydrogens is 376 g/mol. The summed E-state index contributed by atoms with van der Waals surface area (Å²) in [5, 5.41) is 0. The summed E-state index contributed by atoms with van der Waals surface area (Å²) in [6, 6.07) is 40.8. The van der Waals surface area contributed by atoms with Crippen molar-refractivity contribution < 1.29 is 0 Å². The van der Waals surface area contributed by atoms with Crippen molar-refractivity contribution in [2.75, 3.05) is 0 Å². The number of nitrogens with zero attached hydrogens (tertiary/aromatic N) is 2. The molecule has 0 fully saturated rings. The van der Waals surface area contributed by atoms with Crippen molar-refractivity contribution in [2.24, 2.45) is 15.9 Å². The average molecular weight is 399 g/mol. The molecule has 0 radical (unpaired) electrons. The van der Waals surface area contributed by atoms with Crippen molar-refractivity contribution in [2.45, 2.75) is 11.5 Å². The fourth-order valence-electron chi connectivity index (χ4n) is 5.38. The fraction of sp³-hybridized carbons (Fsp3) is 0.103. The lowest BCUT2D eigenvalue weighted by atomic mass is 9.65. The quantitative estimate of drug-likeness (QED) is 0.391. The van der Waals surface area contributed by atoms with Gasteiger partial charge in [-0.1, -0.05) is 115 Å². The van der Waals surface area contributed by atoms with Crippen LogP contribution in [0.4, 0.5) is 0 Å². The molecule has 0 spiro atoms. The molecule has 0 N–H and O–H groups in total. The Morgan fingerprint density at radius 3 is 1.77 bits per heavy atom. The monoisotopic (exact) mass is 398 g/mol. The van der Waals surface area contributed by atoms with Crippen molar-refractivity contribution in [3.63, 3.8) is 0 Å². The lowest BCUT2D eigenvalue weighted by molar-refractivity contribution is 0.461. The van der Waals surface area contributed by atoms with E-state index in [4.69, 9.17) is 9.98 Å². The van der Waals surface area contributed by atoms with Gasteiger partial charge in [0.25, 0.3) is 0 Å². The van der Waals surface area contributed by atoms with Gasteiger partial charge in [0, 0.05) is 17.7 Å². The average Bonchev–Trinajstić information content (AvgIpc) is 3.16. The van der Waals surface area contributed by atoms with E-state index in [2.05, 4.69) is 103 Å². The van der Waals surface area contributed by atoms with Crippen molar-refractivity contribution in [1.29, 1.82) is 0 Å². The Morgan fingerprint density at radius 1 is 0.581 bits per heavy atom. The van der Waals surface area contributed by atoms with Crippen LogP contribution < -0.4 is 0 Å². The van der Waals surface area contributed by atoms with E-state index in [-0.39, 0.29) is 17.4 Å². The van der Waals surface area contributed by atoms with E-state index < -0.39 is 0 Å². The van der Waals surface area contributed by atoms with Crippen molar-refractivity contribution >= 4 is 12.1 Å². The minimum atomic E-state index is -0.320. The number of fused-ring (bicyclic) bond motifs is 3. The number of hydrogen-bond acceptors (Lipinski definition) is 2. The lowest BCUT2D eigenvalue weighted by Crippen LogP contribution is -2.37. The van der Waals surface area contributed by atoms with E-state index in [1.165, 1.54) is 22.3 Å². The first-order chi connectivity index (χ1) is 15.4. The standard InChI is InChI=1S/C29H22N2/c1-4-12-21(13-5-1)28-30-20-26-27(31-28)24-18-10-11-19-25(24)29(26,22-14-6-2-7-15-22)23-16-8-3-9-17-23/h1-20,26-27H. The second-order valence-corrected chi connectivity index (χ2v) is 8.19. The van der Waals surface area contributed by atoms with Gasteiger partial charge in [0.1, 0.15) is 0 Å². The maximum absolute atomic E-state index is 5.22. The molecule has 0 bridgehead atoms. The molecule has 1 heterocycles. The highest BCUT2D eigenvalue weighted by molar-refractivity contribution is 6.05. The van der Waals surface area contributed by atoms with Gasteiger partial charge in [-0.25, -0.2) is 4.99 Å². The van der Waals surface area contributed by atoms with Gasteiger partial charge in [-0.3, -0.25) is 4.99 Å². The Hall–Kier alpha value is -3.78. The van der Waals surface area contributed by atoms with Gasteiger partial charge < -0.3 is 0 Å². The Balaban J connectivity index is 1.63. The molecule has 0 saturated carbocycles. The zero-order chi connectivity index (χ0) is 20.7. The molecule has 0 saturated heterocycles. The minimum absolute atomic E-state index is 0.0318. The van der Waals surface area contributed by atoms with Gasteiger partial charge in [0.15, 0.2) is 5.84 Å². The van der Waals surface area contributed by atoms with Gasteiger partial charge in [0.2, 0.25) is 0 Å². The third-order valence-electron chi connectivity index (χ3n) is 6.65. The van der Waals surface area contributed by atoms with Crippen LogP contribution in [-0.2, 0) is 5.41 Å². The molecule has 2 unspecified atom stereocenters. The molecule has 148 valence electrons. The predicted octanol–water partition coefficient (Wildman–Crippen LogP) is 6.22. The smallest absolute Gasteiger partial charge is 0.154 e. The van der Waals surface area contributed by atoms with Gasteiger partial charge in [-0.2, -0.15) is 0 Å². The number of rotatable bonds is 3. The third kappa shape index (κ3) is 2.65. The minimum Gasteiger partial charge on any atom is -0.257 e. The number of amidine groups is 1. The van der Waals surface area contributed by atoms with Crippen LogP contribution in [0.25, 0.3) is 0 Å². The molecule has 2 nitrogen and oxygen atoms in total. The summed E-state index contributed by atoms with van der Waals surface area (Å²) in [6.07, 6.45) is 2.15. The Kier molecular flexibility index (Phi) is 4.17. The highest BCUT2D eigenvalue weighted by Gasteiger charge is 2.54. The Morgan fingerprint density at radius 2 is 1.13 bits per heavy atom. The van der Waals surface area contributed by atoms with Crippen LogP contribution in [0.3, 0.4) is 0 Å². The Bertz CT molecular complexity index is 1230. The molecule has 0 amide bonds. The van der Waals surface area contributed by atoms with Crippen molar-refractivity contribution in [3.05, 3.63) is 143 Å². The molecule has 4 aromatic carbocycles. The van der Waals surface area contributed by atoms with Crippen LogP contribution in [0.1, 0.15) is 33.9 Å². The summed E-state index contributed by atoms with van der Waals surface area (Å²) in [6.45, 7) is 0. The van der Waals surface area contributed by atoms with E-state index in [9.17, 15) is 0 Å². The van der Waals surface area contributed by atoms with Crippen molar-refractivity contribution in [1.82, 2.24) is 0 Å². The van der Waals surface area contributed by atoms with Gasteiger partial charge >= 0.3 is 0 Å². The van der Waals surface area contributed by atoms with Crippen LogP contribution in [0, 0.1) is 5.92 Å². The zero-order valence-corrected chi connectivity index (χ0v) is 17.1. The van der Waals surface area contributed by atoms with Crippen LogP contribution in [-0.4, -0.2) is 12.1 Å². The molecule has 2 aliphatic rings. The first-order valence-electron chi connectivity index (χ1n) is 10.8. The highest BCUT2D eigenvalue weighted by atomic mass is 15.0. The third-order valence-corrected chi connectivity index (χ3v) is 6.65. The predicted molar refractivity (Wildman–Crippen MR) is 127 cm³/mol. The van der Waals surface area contributed by atoms with E-state index in [0.29, 0.717) is 0 Å². The largest absolute Gasteiger partial charge is 0.257 e. The molecule has 31 heavy (non-hydrogen) atoms. The van der Waals surface area contributed by atoms with E-state index in [0.717, 1.165) is 11.4 Å². The molecule has 2 heteroatoms. The number of hydrogen-bond donors (Lipinski definition) is 0. The molecular formula is C29H22N2. The fourth-order valence-corrected chi connectivity index (χ4v) is 5.38. The summed E-state index contributed by atoms with van der Waals surface area (Å²) in [5.41, 5.74) is 5.93. The second kappa shape index (κ2) is 7.17. The molecule has 2 atom stereocenters.